The summed E-state index contributed by atoms with van der Waals surface area (Å²) in [6.07, 6.45) is 1.06. The van der Waals surface area contributed by atoms with Gasteiger partial charge in [-0.05, 0) is 18.6 Å². The van der Waals surface area contributed by atoms with Crippen LogP contribution in [0.2, 0.25) is 0 Å². The summed E-state index contributed by atoms with van der Waals surface area (Å²) < 4.78 is 26.2. The maximum Gasteiger partial charge on any atom is 0.252 e. The number of aryl methyl sites for hydroxylation is 1. The van der Waals surface area contributed by atoms with E-state index in [2.05, 4.69) is 0 Å². The molecule has 4 nitrogen and oxygen atoms in total. The fourth-order valence-electron chi connectivity index (χ4n) is 1.44. The maximum absolute atomic E-state index is 12.2. The molecule has 0 bridgehead atoms. The Morgan fingerprint density at radius 2 is 2.12 bits per heavy atom. The maximum atomic E-state index is 12.2. The normalized spacial score (nSPS) is 11.6. The lowest BCUT2D eigenvalue weighted by Gasteiger charge is -2.17. The molecular weight excluding hydrogens is 256 g/mol. The monoisotopic (exact) mass is 272 g/mol. The Labute approximate surface area is 107 Å². The van der Waals surface area contributed by atoms with Crippen LogP contribution in [0.15, 0.2) is 16.3 Å². The van der Waals surface area contributed by atoms with E-state index in [1.807, 2.05) is 19.1 Å². The molecular formula is C11H16N2O2S2. The van der Waals surface area contributed by atoms with Gasteiger partial charge in [-0.3, -0.25) is 0 Å². The number of nitrogens with zero attached hydrogens (tertiary/aromatic N) is 2. The van der Waals surface area contributed by atoms with Crippen molar-refractivity contribution in [2.24, 2.45) is 0 Å². The Balaban J connectivity index is 2.96. The predicted octanol–water partition coefficient (Wildman–Crippen LogP) is 2.23. The van der Waals surface area contributed by atoms with E-state index < -0.39 is 10.0 Å². The van der Waals surface area contributed by atoms with Crippen LogP contribution in [0.25, 0.3) is 0 Å². The van der Waals surface area contributed by atoms with Crippen LogP contribution in [0, 0.1) is 11.3 Å². The number of hydrogen-bond donors (Lipinski definition) is 0. The van der Waals surface area contributed by atoms with Gasteiger partial charge in [0.1, 0.15) is 4.21 Å². The first-order valence-electron chi connectivity index (χ1n) is 5.52. The van der Waals surface area contributed by atoms with E-state index in [4.69, 9.17) is 5.26 Å². The van der Waals surface area contributed by atoms with Crippen molar-refractivity contribution in [2.75, 3.05) is 13.1 Å². The summed E-state index contributed by atoms with van der Waals surface area (Å²) >= 11 is 1.30. The quantitative estimate of drug-likeness (QED) is 0.798. The zero-order valence-corrected chi connectivity index (χ0v) is 11.6. The van der Waals surface area contributed by atoms with E-state index in [-0.39, 0.29) is 13.0 Å². The van der Waals surface area contributed by atoms with Gasteiger partial charge in [0.25, 0.3) is 10.0 Å². The van der Waals surface area contributed by atoms with Crippen molar-refractivity contribution >= 4 is 21.4 Å². The molecule has 1 aromatic rings. The Morgan fingerprint density at radius 1 is 1.41 bits per heavy atom. The van der Waals surface area contributed by atoms with Gasteiger partial charge < -0.3 is 0 Å². The zero-order valence-electron chi connectivity index (χ0n) is 10.0. The Kier molecular flexibility index (Phi) is 5.12. The van der Waals surface area contributed by atoms with Crippen LogP contribution in [0.4, 0.5) is 0 Å². The van der Waals surface area contributed by atoms with Gasteiger partial charge in [0.2, 0.25) is 0 Å². The fraction of sp³-hybridized carbons (Fsp3) is 0.545. The molecule has 0 saturated carbocycles. The summed E-state index contributed by atoms with van der Waals surface area (Å²) in [4.78, 5) is 1.06. The lowest BCUT2D eigenvalue weighted by atomic mass is 10.4. The van der Waals surface area contributed by atoms with Crippen molar-refractivity contribution < 1.29 is 8.42 Å². The van der Waals surface area contributed by atoms with Crippen molar-refractivity contribution in [3.63, 3.8) is 0 Å². The average molecular weight is 272 g/mol. The molecule has 0 saturated heterocycles. The summed E-state index contributed by atoms with van der Waals surface area (Å²) in [6.45, 7) is 4.43. The first-order chi connectivity index (χ1) is 8.06. The second kappa shape index (κ2) is 6.15. The fourth-order valence-corrected chi connectivity index (χ4v) is 4.34. The first-order valence-corrected chi connectivity index (χ1v) is 7.77. The largest absolute Gasteiger partial charge is 0.252 e. The lowest BCUT2D eigenvalue weighted by Crippen LogP contribution is -2.31. The minimum Gasteiger partial charge on any atom is -0.206 e. The smallest absolute Gasteiger partial charge is 0.206 e. The number of rotatable bonds is 6. The second-order valence-electron chi connectivity index (χ2n) is 3.48. The van der Waals surface area contributed by atoms with Crippen molar-refractivity contribution in [3.8, 4) is 6.07 Å². The first kappa shape index (κ1) is 14.2. The van der Waals surface area contributed by atoms with Crippen LogP contribution in [-0.2, 0) is 16.4 Å². The summed E-state index contributed by atoms with van der Waals surface area (Å²) in [5, 5.41) is 8.52. The van der Waals surface area contributed by atoms with E-state index in [1.54, 1.807) is 13.0 Å². The molecule has 1 heterocycles. The van der Waals surface area contributed by atoms with Crippen LogP contribution in [-0.4, -0.2) is 25.8 Å². The number of nitriles is 1. The third-order valence-corrected chi connectivity index (χ3v) is 6.08. The molecule has 1 aromatic heterocycles. The Bertz CT molecular complexity index is 500. The number of sulfonamides is 1. The van der Waals surface area contributed by atoms with E-state index in [0.29, 0.717) is 10.8 Å². The Hall–Kier alpha value is -0.900. The molecule has 0 atom stereocenters. The molecule has 0 N–H and O–H groups in total. The van der Waals surface area contributed by atoms with E-state index in [0.717, 1.165) is 11.3 Å². The van der Waals surface area contributed by atoms with Crippen LogP contribution in [0.1, 0.15) is 25.1 Å². The molecule has 0 aliphatic carbocycles. The highest BCUT2D eigenvalue weighted by Crippen LogP contribution is 2.25. The number of hydrogen-bond acceptors (Lipinski definition) is 4. The molecule has 6 heteroatoms. The molecule has 17 heavy (non-hydrogen) atoms. The van der Waals surface area contributed by atoms with Crippen molar-refractivity contribution in [3.05, 3.63) is 17.0 Å². The predicted molar refractivity (Wildman–Crippen MR) is 68.4 cm³/mol. The van der Waals surface area contributed by atoms with Gasteiger partial charge in [0.15, 0.2) is 0 Å². The van der Waals surface area contributed by atoms with Gasteiger partial charge in [0, 0.05) is 24.4 Å². The minimum atomic E-state index is -3.41. The highest BCUT2D eigenvalue weighted by molar-refractivity contribution is 7.91. The van der Waals surface area contributed by atoms with E-state index in [1.165, 1.54) is 15.6 Å². The van der Waals surface area contributed by atoms with Crippen LogP contribution < -0.4 is 0 Å². The molecule has 1 rings (SSSR count). The van der Waals surface area contributed by atoms with Crippen LogP contribution in [0.5, 0.6) is 0 Å². The summed E-state index contributed by atoms with van der Waals surface area (Å²) in [7, 11) is -3.41. The highest BCUT2D eigenvalue weighted by atomic mass is 32.2. The molecule has 0 fully saturated rings. The average Bonchev–Trinajstić information content (AvgIpc) is 2.79. The minimum absolute atomic E-state index is 0.221. The standard InChI is InChI=1S/C11H16N2O2S2/c1-3-10-6-7-11(16-10)17(14,15)13(4-2)9-5-8-12/h6-7H,3-5,9H2,1-2H3. The molecule has 94 valence electrons. The lowest BCUT2D eigenvalue weighted by molar-refractivity contribution is 0.436. The summed E-state index contributed by atoms with van der Waals surface area (Å²) in [6, 6.07) is 5.46. The Morgan fingerprint density at radius 3 is 2.59 bits per heavy atom. The SMILES string of the molecule is CCc1ccc(S(=O)(=O)N(CC)CCC#N)s1. The summed E-state index contributed by atoms with van der Waals surface area (Å²) in [5.41, 5.74) is 0. The molecule has 0 aromatic carbocycles. The molecule has 0 aliphatic heterocycles. The van der Waals surface area contributed by atoms with Gasteiger partial charge in [-0.2, -0.15) is 9.57 Å². The third-order valence-electron chi connectivity index (χ3n) is 2.41. The van der Waals surface area contributed by atoms with Crippen molar-refractivity contribution in [2.45, 2.75) is 30.9 Å². The van der Waals surface area contributed by atoms with Gasteiger partial charge >= 0.3 is 0 Å². The van der Waals surface area contributed by atoms with Crippen LogP contribution >= 0.6 is 11.3 Å². The molecule has 0 amide bonds. The van der Waals surface area contributed by atoms with Gasteiger partial charge in [0.05, 0.1) is 6.07 Å². The van der Waals surface area contributed by atoms with E-state index >= 15 is 0 Å². The van der Waals surface area contributed by atoms with Crippen molar-refractivity contribution in [1.82, 2.24) is 4.31 Å². The second-order valence-corrected chi connectivity index (χ2v) is 6.81. The van der Waals surface area contributed by atoms with Crippen LogP contribution in [0.3, 0.4) is 0 Å². The zero-order chi connectivity index (χ0) is 12.9. The van der Waals surface area contributed by atoms with Crippen molar-refractivity contribution in [1.29, 1.82) is 5.26 Å². The van der Waals surface area contributed by atoms with E-state index in [9.17, 15) is 8.42 Å². The molecule has 0 spiro atoms. The molecule has 0 aliphatic rings. The van der Waals surface area contributed by atoms with Gasteiger partial charge in [-0.25, -0.2) is 8.42 Å². The molecule has 0 unspecified atom stereocenters. The highest BCUT2D eigenvalue weighted by Gasteiger charge is 2.24. The van der Waals surface area contributed by atoms with Gasteiger partial charge in [-0.1, -0.05) is 13.8 Å². The topological polar surface area (TPSA) is 61.2 Å². The third kappa shape index (κ3) is 3.28. The van der Waals surface area contributed by atoms with Gasteiger partial charge in [-0.15, -0.1) is 11.3 Å². The number of thiophene rings is 1. The summed E-state index contributed by atoms with van der Waals surface area (Å²) in [5.74, 6) is 0. The molecule has 0 radical (unpaired) electrons.